The smallest absolute Gasteiger partial charge is 0.338 e. The molecule has 3 rings (SSSR count). The van der Waals surface area contributed by atoms with Crippen LogP contribution in [0.5, 0.6) is 5.75 Å². The fourth-order valence-corrected chi connectivity index (χ4v) is 3.91. The zero-order chi connectivity index (χ0) is 17.3. The van der Waals surface area contributed by atoms with E-state index in [0.717, 1.165) is 0 Å². The van der Waals surface area contributed by atoms with Gasteiger partial charge in [0.25, 0.3) is 15.9 Å². The highest BCUT2D eigenvalue weighted by Gasteiger charge is 2.40. The molecule has 1 amide bonds. The third-order valence-electron chi connectivity index (χ3n) is 3.54. The summed E-state index contributed by atoms with van der Waals surface area (Å²) >= 11 is 0. The van der Waals surface area contributed by atoms with Crippen molar-refractivity contribution >= 4 is 21.9 Å². The monoisotopic (exact) mass is 347 g/mol. The molecule has 7 nitrogen and oxygen atoms in total. The van der Waals surface area contributed by atoms with Gasteiger partial charge in [0.15, 0.2) is 0 Å². The Morgan fingerprint density at radius 2 is 1.75 bits per heavy atom. The second-order valence-electron chi connectivity index (χ2n) is 5.06. The van der Waals surface area contributed by atoms with E-state index in [0.29, 0.717) is 4.31 Å². The molecular weight excluding hydrogens is 334 g/mol. The van der Waals surface area contributed by atoms with E-state index in [9.17, 15) is 18.0 Å². The van der Waals surface area contributed by atoms with E-state index in [1.165, 1.54) is 42.5 Å². The van der Waals surface area contributed by atoms with Crippen LogP contribution in [-0.2, 0) is 14.8 Å². The number of amides is 1. The van der Waals surface area contributed by atoms with Crippen molar-refractivity contribution < 1.29 is 27.9 Å². The number of sulfonamides is 1. The number of carbonyl (C=O) groups is 2. The van der Waals surface area contributed by atoms with Crippen molar-refractivity contribution in [3.8, 4) is 5.75 Å². The van der Waals surface area contributed by atoms with Gasteiger partial charge in [0.05, 0.1) is 17.7 Å². The van der Waals surface area contributed by atoms with Gasteiger partial charge < -0.3 is 9.84 Å². The molecule has 24 heavy (non-hydrogen) atoms. The molecule has 1 N–H and O–H groups in total. The highest BCUT2D eigenvalue weighted by molar-refractivity contribution is 7.90. The van der Waals surface area contributed by atoms with Crippen LogP contribution in [0.2, 0.25) is 0 Å². The van der Waals surface area contributed by atoms with Gasteiger partial charge in [-0.05, 0) is 36.4 Å². The van der Waals surface area contributed by atoms with Gasteiger partial charge in [-0.1, -0.05) is 12.1 Å². The number of rotatable bonds is 4. The molecule has 0 spiro atoms. The van der Waals surface area contributed by atoms with Crippen LogP contribution in [0.3, 0.4) is 0 Å². The van der Waals surface area contributed by atoms with Gasteiger partial charge in [0.1, 0.15) is 17.3 Å². The number of phenolic OH excluding ortho intramolecular Hbond substituents is 1. The molecule has 0 aromatic heterocycles. The molecule has 0 fully saturated rings. The van der Waals surface area contributed by atoms with Crippen LogP contribution in [-0.4, -0.2) is 42.9 Å². The second-order valence-corrected chi connectivity index (χ2v) is 6.89. The number of nitrogens with zero attached hydrogens (tertiary/aromatic N) is 1. The summed E-state index contributed by atoms with van der Waals surface area (Å²) < 4.78 is 30.3. The Labute approximate surface area is 138 Å². The van der Waals surface area contributed by atoms with E-state index < -0.39 is 21.9 Å². The molecular formula is C16H13NO6S. The maximum absolute atomic E-state index is 12.3. The van der Waals surface area contributed by atoms with Crippen molar-refractivity contribution in [2.45, 2.75) is 4.90 Å². The average Bonchev–Trinajstić information content (AvgIpc) is 2.76. The Kier molecular flexibility index (Phi) is 3.98. The molecule has 1 aliphatic rings. The molecule has 124 valence electrons. The average molecular weight is 347 g/mol. The summed E-state index contributed by atoms with van der Waals surface area (Å²) in [5.74, 6) is -1.29. The van der Waals surface area contributed by atoms with Crippen molar-refractivity contribution in [3.63, 3.8) is 0 Å². The summed E-state index contributed by atoms with van der Waals surface area (Å²) in [6, 6.07) is 11.4. The first-order valence-corrected chi connectivity index (χ1v) is 8.47. The second kappa shape index (κ2) is 5.97. The van der Waals surface area contributed by atoms with Gasteiger partial charge in [-0.3, -0.25) is 4.79 Å². The minimum atomic E-state index is -3.90. The molecule has 0 atom stereocenters. The van der Waals surface area contributed by atoms with Crippen LogP contribution in [0.15, 0.2) is 53.4 Å². The molecule has 1 aliphatic heterocycles. The van der Waals surface area contributed by atoms with Crippen molar-refractivity contribution in [3.05, 3.63) is 59.7 Å². The van der Waals surface area contributed by atoms with E-state index in [-0.39, 0.29) is 34.9 Å². The van der Waals surface area contributed by atoms with Crippen LogP contribution >= 0.6 is 0 Å². The lowest BCUT2D eigenvalue weighted by molar-refractivity contribution is 0.0477. The number of hydrogen-bond donors (Lipinski definition) is 1. The Balaban J connectivity index is 1.67. The van der Waals surface area contributed by atoms with Crippen LogP contribution in [0.4, 0.5) is 0 Å². The van der Waals surface area contributed by atoms with Gasteiger partial charge in [0, 0.05) is 0 Å². The van der Waals surface area contributed by atoms with Crippen molar-refractivity contribution in [1.29, 1.82) is 0 Å². The molecule has 1 heterocycles. The van der Waals surface area contributed by atoms with Crippen molar-refractivity contribution in [2.24, 2.45) is 0 Å². The first-order chi connectivity index (χ1) is 11.4. The topological polar surface area (TPSA) is 101 Å². The van der Waals surface area contributed by atoms with Crippen LogP contribution in [0.25, 0.3) is 0 Å². The van der Waals surface area contributed by atoms with Crippen LogP contribution < -0.4 is 0 Å². The first kappa shape index (κ1) is 16.0. The first-order valence-electron chi connectivity index (χ1n) is 7.03. The predicted molar refractivity (Wildman–Crippen MR) is 83.1 cm³/mol. The summed E-state index contributed by atoms with van der Waals surface area (Å²) in [7, 11) is -3.90. The number of hydrogen-bond acceptors (Lipinski definition) is 6. The van der Waals surface area contributed by atoms with Gasteiger partial charge in [-0.15, -0.1) is 0 Å². The number of benzene rings is 2. The minimum absolute atomic E-state index is 0.0121. The van der Waals surface area contributed by atoms with Gasteiger partial charge >= 0.3 is 5.97 Å². The number of fused-ring (bicyclic) bond motifs is 1. The van der Waals surface area contributed by atoms with Crippen LogP contribution in [0.1, 0.15) is 20.7 Å². The highest BCUT2D eigenvalue weighted by Crippen LogP contribution is 2.29. The van der Waals surface area contributed by atoms with Crippen LogP contribution in [0, 0.1) is 0 Å². The van der Waals surface area contributed by atoms with E-state index in [2.05, 4.69) is 0 Å². The minimum Gasteiger partial charge on any atom is -0.508 e. The summed E-state index contributed by atoms with van der Waals surface area (Å²) in [5, 5.41) is 9.17. The molecule has 2 aromatic carbocycles. The van der Waals surface area contributed by atoms with Gasteiger partial charge in [0.2, 0.25) is 0 Å². The lowest BCUT2D eigenvalue weighted by atomic mass is 10.2. The molecule has 0 bridgehead atoms. The quantitative estimate of drug-likeness (QED) is 0.839. The standard InChI is InChI=1S/C16H13NO6S/c18-12-7-5-11(6-8-12)16(20)23-10-9-17-15(19)13-3-1-2-4-14(13)24(17,21)22/h1-8,18H,9-10H2. The van der Waals surface area contributed by atoms with E-state index in [4.69, 9.17) is 9.84 Å². The maximum atomic E-state index is 12.3. The fourth-order valence-electron chi connectivity index (χ4n) is 2.35. The number of phenols is 1. The van der Waals surface area contributed by atoms with E-state index >= 15 is 0 Å². The Morgan fingerprint density at radius 1 is 1.08 bits per heavy atom. The molecule has 0 saturated heterocycles. The molecule has 0 radical (unpaired) electrons. The largest absolute Gasteiger partial charge is 0.508 e. The lowest BCUT2D eigenvalue weighted by Gasteiger charge is -2.15. The summed E-state index contributed by atoms with van der Waals surface area (Å²) in [5.41, 5.74) is 0.328. The lowest BCUT2D eigenvalue weighted by Crippen LogP contribution is -2.33. The summed E-state index contributed by atoms with van der Waals surface area (Å²) in [6.45, 7) is -0.529. The zero-order valence-corrected chi connectivity index (χ0v) is 13.2. The normalized spacial score (nSPS) is 15.2. The number of carbonyl (C=O) groups excluding carboxylic acids is 2. The molecule has 0 saturated carbocycles. The Hall–Kier alpha value is -2.87. The molecule has 8 heteroatoms. The van der Waals surface area contributed by atoms with Gasteiger partial charge in [-0.2, -0.15) is 0 Å². The number of esters is 1. The SMILES string of the molecule is O=C(OCCN1C(=O)c2ccccc2S1(=O)=O)c1ccc(O)cc1. The highest BCUT2D eigenvalue weighted by atomic mass is 32.2. The van der Waals surface area contributed by atoms with Gasteiger partial charge in [-0.25, -0.2) is 17.5 Å². The maximum Gasteiger partial charge on any atom is 0.338 e. The number of aromatic hydroxyl groups is 1. The van der Waals surface area contributed by atoms with E-state index in [1.807, 2.05) is 0 Å². The molecule has 2 aromatic rings. The Morgan fingerprint density at radius 3 is 2.42 bits per heavy atom. The number of ether oxygens (including phenoxy) is 1. The fraction of sp³-hybridized carbons (Fsp3) is 0.125. The zero-order valence-electron chi connectivity index (χ0n) is 12.4. The Bertz CT molecular complexity index is 904. The van der Waals surface area contributed by atoms with Crippen molar-refractivity contribution in [1.82, 2.24) is 4.31 Å². The third-order valence-corrected chi connectivity index (χ3v) is 5.38. The summed E-state index contributed by atoms with van der Waals surface area (Å²) in [4.78, 5) is 24.0. The van der Waals surface area contributed by atoms with E-state index in [1.54, 1.807) is 6.07 Å². The third kappa shape index (κ3) is 2.71. The predicted octanol–water partition coefficient (Wildman–Crippen LogP) is 1.39. The van der Waals surface area contributed by atoms with Crippen molar-refractivity contribution in [2.75, 3.05) is 13.2 Å². The molecule has 0 aliphatic carbocycles. The molecule has 0 unspecified atom stereocenters. The summed E-state index contributed by atoms with van der Waals surface area (Å²) in [6.07, 6.45) is 0.